The lowest BCUT2D eigenvalue weighted by molar-refractivity contribution is -0.133. The number of hydrogen-bond acceptors (Lipinski definition) is 7. The quantitative estimate of drug-likeness (QED) is 0.396. The summed E-state index contributed by atoms with van der Waals surface area (Å²) >= 11 is 1.43. The molecule has 1 aromatic carbocycles. The van der Waals surface area contributed by atoms with Gasteiger partial charge in [0.15, 0.2) is 0 Å². The topological polar surface area (TPSA) is 75.0 Å². The number of aromatic nitrogens is 3. The Balaban J connectivity index is 2.03. The number of aryl methyl sites for hydroxylation is 1. The second-order valence-electron chi connectivity index (χ2n) is 5.13. The van der Waals surface area contributed by atoms with Crippen molar-refractivity contribution < 1.29 is 19.0 Å². The number of ether oxygens (including phenoxy) is 3. The van der Waals surface area contributed by atoms with E-state index < -0.39 is 5.97 Å². The van der Waals surface area contributed by atoms with Gasteiger partial charge in [0.1, 0.15) is 22.0 Å². The van der Waals surface area contributed by atoms with Gasteiger partial charge in [-0.2, -0.15) is 5.10 Å². The van der Waals surface area contributed by atoms with Crippen LogP contribution < -0.4 is 4.74 Å². The number of fused-ring (bicyclic) bond motifs is 1. The maximum Gasteiger partial charge on any atom is 0.343 e. The molecule has 3 aromatic rings. The van der Waals surface area contributed by atoms with E-state index >= 15 is 0 Å². The number of carbonyl (C=O) groups excluding carboxylic acids is 1. The molecule has 130 valence electrons. The minimum atomic E-state index is -0.508. The van der Waals surface area contributed by atoms with E-state index in [-0.39, 0.29) is 5.57 Å². The average Bonchev–Trinajstić information content (AvgIpc) is 3.19. The molecule has 2 aromatic heterocycles. The highest BCUT2D eigenvalue weighted by Crippen LogP contribution is 2.30. The number of hydrogen-bond donors (Lipinski definition) is 0. The van der Waals surface area contributed by atoms with Gasteiger partial charge in [0.05, 0.1) is 33.3 Å². The molecule has 8 heteroatoms. The van der Waals surface area contributed by atoms with Crippen molar-refractivity contribution in [2.24, 2.45) is 0 Å². The third-order valence-electron chi connectivity index (χ3n) is 3.66. The van der Waals surface area contributed by atoms with Crippen molar-refractivity contribution in [2.45, 2.75) is 6.92 Å². The van der Waals surface area contributed by atoms with E-state index in [1.165, 1.54) is 31.8 Å². The minimum absolute atomic E-state index is 0.256. The van der Waals surface area contributed by atoms with Crippen LogP contribution in [0.5, 0.6) is 5.75 Å². The highest BCUT2D eigenvalue weighted by atomic mass is 32.1. The zero-order chi connectivity index (χ0) is 18.0. The summed E-state index contributed by atoms with van der Waals surface area (Å²) in [6.07, 6.45) is 1.33. The Hall–Kier alpha value is -2.87. The molecule has 0 unspecified atom stereocenters. The van der Waals surface area contributed by atoms with E-state index in [1.54, 1.807) is 11.6 Å². The Morgan fingerprint density at radius 2 is 1.92 bits per heavy atom. The van der Waals surface area contributed by atoms with E-state index in [2.05, 4.69) is 10.1 Å². The standard InChI is InChI=1S/C17H17N3O4S/c1-10-14(13(9-22-2)16(21)24-4)18-17-20(10)19-15(25-17)11-5-7-12(23-3)8-6-11/h5-9H,1-4H3. The molecule has 0 spiro atoms. The zero-order valence-electron chi connectivity index (χ0n) is 14.3. The molecular formula is C17H17N3O4S. The van der Waals surface area contributed by atoms with Gasteiger partial charge < -0.3 is 14.2 Å². The second-order valence-corrected chi connectivity index (χ2v) is 6.09. The molecule has 0 aliphatic rings. The summed E-state index contributed by atoms with van der Waals surface area (Å²) in [5, 5.41) is 5.43. The molecule has 25 heavy (non-hydrogen) atoms. The number of nitrogens with zero attached hydrogens (tertiary/aromatic N) is 3. The Bertz CT molecular complexity index is 941. The van der Waals surface area contributed by atoms with Crippen LogP contribution in [0.15, 0.2) is 30.5 Å². The summed E-state index contributed by atoms with van der Waals surface area (Å²) < 4.78 is 16.7. The molecule has 0 amide bonds. The van der Waals surface area contributed by atoms with Gasteiger partial charge in [-0.25, -0.2) is 14.3 Å². The fraction of sp³-hybridized carbons (Fsp3) is 0.235. The molecule has 0 saturated carbocycles. The van der Waals surface area contributed by atoms with Gasteiger partial charge in [-0.15, -0.1) is 0 Å². The highest BCUT2D eigenvalue weighted by Gasteiger charge is 2.22. The Labute approximate surface area is 148 Å². The van der Waals surface area contributed by atoms with Gasteiger partial charge in [-0.1, -0.05) is 11.3 Å². The number of benzene rings is 1. The number of methoxy groups -OCH3 is 3. The van der Waals surface area contributed by atoms with Crippen LogP contribution in [-0.4, -0.2) is 41.9 Å². The summed E-state index contributed by atoms with van der Waals surface area (Å²) in [5.41, 5.74) is 2.46. The minimum Gasteiger partial charge on any atom is -0.503 e. The van der Waals surface area contributed by atoms with Crippen LogP contribution in [-0.2, 0) is 14.3 Å². The predicted molar refractivity (Wildman–Crippen MR) is 94.6 cm³/mol. The van der Waals surface area contributed by atoms with Crippen LogP contribution in [0.2, 0.25) is 0 Å². The first kappa shape index (κ1) is 17.0. The van der Waals surface area contributed by atoms with E-state index in [4.69, 9.17) is 14.2 Å². The molecule has 2 heterocycles. The molecular weight excluding hydrogens is 342 g/mol. The monoisotopic (exact) mass is 359 g/mol. The van der Waals surface area contributed by atoms with Gasteiger partial charge in [-0.3, -0.25) is 0 Å². The van der Waals surface area contributed by atoms with Crippen molar-refractivity contribution in [3.63, 3.8) is 0 Å². The number of esters is 1. The molecule has 0 radical (unpaired) electrons. The molecule has 0 saturated heterocycles. The van der Waals surface area contributed by atoms with E-state index in [1.807, 2.05) is 31.2 Å². The van der Waals surface area contributed by atoms with Crippen LogP contribution >= 0.6 is 11.3 Å². The highest BCUT2D eigenvalue weighted by molar-refractivity contribution is 7.19. The summed E-state index contributed by atoms with van der Waals surface area (Å²) in [6.45, 7) is 1.85. The third-order valence-corrected chi connectivity index (χ3v) is 4.62. The lowest BCUT2D eigenvalue weighted by atomic mass is 10.2. The van der Waals surface area contributed by atoms with Crippen LogP contribution in [0.4, 0.5) is 0 Å². The zero-order valence-corrected chi connectivity index (χ0v) is 15.1. The van der Waals surface area contributed by atoms with Gasteiger partial charge >= 0.3 is 5.97 Å². The first-order chi connectivity index (χ1) is 12.1. The largest absolute Gasteiger partial charge is 0.503 e. The fourth-order valence-corrected chi connectivity index (χ4v) is 3.33. The van der Waals surface area contributed by atoms with Gasteiger partial charge in [0.25, 0.3) is 0 Å². The number of rotatable bonds is 5. The van der Waals surface area contributed by atoms with Crippen molar-refractivity contribution in [2.75, 3.05) is 21.3 Å². The summed E-state index contributed by atoms with van der Waals surface area (Å²) in [7, 11) is 4.42. The third kappa shape index (κ3) is 3.08. The van der Waals surface area contributed by atoms with Gasteiger partial charge in [0.2, 0.25) is 4.96 Å². The van der Waals surface area contributed by atoms with E-state index in [9.17, 15) is 4.79 Å². The molecule has 0 fully saturated rings. The summed E-state index contributed by atoms with van der Waals surface area (Å²) in [5.74, 6) is 0.280. The molecule has 7 nitrogen and oxygen atoms in total. The molecule has 0 bridgehead atoms. The van der Waals surface area contributed by atoms with Crippen molar-refractivity contribution in [1.29, 1.82) is 0 Å². The Kier molecular flexibility index (Phi) is 4.71. The van der Waals surface area contributed by atoms with Gasteiger partial charge in [-0.05, 0) is 31.2 Å². The summed E-state index contributed by atoms with van der Waals surface area (Å²) in [6, 6.07) is 7.65. The van der Waals surface area contributed by atoms with Crippen molar-refractivity contribution in [3.8, 4) is 16.3 Å². The second kappa shape index (κ2) is 6.94. The molecule has 0 N–H and O–H groups in total. The van der Waals surface area contributed by atoms with Crippen LogP contribution in [0.25, 0.3) is 21.1 Å². The number of carbonyl (C=O) groups is 1. The first-order valence-corrected chi connectivity index (χ1v) is 8.23. The maximum atomic E-state index is 12.0. The first-order valence-electron chi connectivity index (χ1n) is 7.41. The molecule has 0 aliphatic carbocycles. The Morgan fingerprint density at radius 3 is 2.48 bits per heavy atom. The normalized spacial score (nSPS) is 11.6. The average molecular weight is 359 g/mol. The van der Waals surface area contributed by atoms with Crippen molar-refractivity contribution in [3.05, 3.63) is 41.9 Å². The van der Waals surface area contributed by atoms with Crippen LogP contribution in [0, 0.1) is 6.92 Å². The van der Waals surface area contributed by atoms with Crippen molar-refractivity contribution in [1.82, 2.24) is 14.6 Å². The SMILES string of the molecule is COC=C(C(=O)OC)c1nc2sc(-c3ccc(OC)cc3)nn2c1C. The molecule has 0 atom stereocenters. The number of imidazole rings is 1. The fourth-order valence-electron chi connectivity index (χ4n) is 2.38. The predicted octanol–water partition coefficient (Wildman–Crippen LogP) is 2.94. The lowest BCUT2D eigenvalue weighted by Gasteiger charge is -2.03. The van der Waals surface area contributed by atoms with E-state index in [0.29, 0.717) is 10.7 Å². The van der Waals surface area contributed by atoms with Crippen LogP contribution in [0.3, 0.4) is 0 Å². The molecule has 0 aliphatic heterocycles. The smallest absolute Gasteiger partial charge is 0.343 e. The van der Waals surface area contributed by atoms with Crippen LogP contribution in [0.1, 0.15) is 11.4 Å². The van der Waals surface area contributed by atoms with E-state index in [0.717, 1.165) is 22.0 Å². The lowest BCUT2D eigenvalue weighted by Crippen LogP contribution is -2.06. The summed E-state index contributed by atoms with van der Waals surface area (Å²) in [4.78, 5) is 17.2. The Morgan fingerprint density at radius 1 is 1.20 bits per heavy atom. The maximum absolute atomic E-state index is 12.0. The van der Waals surface area contributed by atoms with Crippen molar-refractivity contribution >= 4 is 27.8 Å². The molecule has 3 rings (SSSR count). The van der Waals surface area contributed by atoms with Gasteiger partial charge in [0, 0.05) is 5.56 Å².